The quantitative estimate of drug-likeness (QED) is 0.649. The number of benzene rings is 2. The Labute approximate surface area is 199 Å². The average Bonchev–Trinajstić information content (AvgIpc) is 2.81. The minimum atomic E-state index is -3.65. The van der Waals surface area contributed by atoms with Gasteiger partial charge in [0.1, 0.15) is 6.54 Å². The molecule has 1 N–H and O–H groups in total. The van der Waals surface area contributed by atoms with Gasteiger partial charge in [-0.2, -0.15) is 4.31 Å². The van der Waals surface area contributed by atoms with Gasteiger partial charge < -0.3 is 10.2 Å². The minimum absolute atomic E-state index is 0.133. The highest BCUT2D eigenvalue weighted by molar-refractivity contribution is 8.00. The zero-order valence-electron chi connectivity index (χ0n) is 18.7. The first-order valence-electron chi connectivity index (χ1n) is 11.2. The van der Waals surface area contributed by atoms with Crippen LogP contribution in [-0.4, -0.2) is 56.5 Å². The van der Waals surface area contributed by atoms with Gasteiger partial charge in [-0.3, -0.25) is 9.59 Å². The molecule has 176 valence electrons. The van der Waals surface area contributed by atoms with Crippen LogP contribution in [0.5, 0.6) is 0 Å². The van der Waals surface area contributed by atoms with Crippen LogP contribution in [0.15, 0.2) is 58.3 Å². The summed E-state index contributed by atoms with van der Waals surface area (Å²) in [6.45, 7) is 3.47. The first-order chi connectivity index (χ1) is 15.8. The number of carbonyl (C=O) groups is 2. The van der Waals surface area contributed by atoms with E-state index in [-0.39, 0.29) is 29.0 Å². The highest BCUT2D eigenvalue weighted by atomic mass is 32.2. The summed E-state index contributed by atoms with van der Waals surface area (Å²) in [5.74, 6) is 0.271. The SMILES string of the molecule is CC1CCN(S(=O)(=O)c2ccc3c(c2)N(CC(=O)NCCc2ccccc2)C(=O)CS3)CC1. The molecule has 0 unspecified atom stereocenters. The Bertz CT molecular complexity index is 1110. The van der Waals surface area contributed by atoms with E-state index in [1.165, 1.54) is 21.0 Å². The Morgan fingerprint density at radius 1 is 1.12 bits per heavy atom. The highest BCUT2D eigenvalue weighted by Crippen LogP contribution is 2.37. The predicted octanol–water partition coefficient (Wildman–Crippen LogP) is 2.90. The fourth-order valence-electron chi connectivity index (χ4n) is 4.08. The molecule has 0 atom stereocenters. The van der Waals surface area contributed by atoms with Gasteiger partial charge in [-0.05, 0) is 48.9 Å². The largest absolute Gasteiger partial charge is 0.354 e. The predicted molar refractivity (Wildman–Crippen MR) is 130 cm³/mol. The molecule has 2 aliphatic heterocycles. The van der Waals surface area contributed by atoms with E-state index in [1.54, 1.807) is 18.2 Å². The number of hydrogen-bond donors (Lipinski definition) is 1. The van der Waals surface area contributed by atoms with Crippen molar-refractivity contribution in [2.75, 3.05) is 36.8 Å². The molecule has 0 spiro atoms. The number of anilines is 1. The molecule has 33 heavy (non-hydrogen) atoms. The molecule has 2 aromatic carbocycles. The molecule has 1 fully saturated rings. The summed E-state index contributed by atoms with van der Waals surface area (Å²) in [6, 6.07) is 14.7. The van der Waals surface area contributed by atoms with Gasteiger partial charge in [0, 0.05) is 24.5 Å². The monoisotopic (exact) mass is 487 g/mol. The summed E-state index contributed by atoms with van der Waals surface area (Å²) in [6.07, 6.45) is 2.38. The standard InChI is InChI=1S/C24H29N3O4S2/c1-18-10-13-26(14-11-18)33(30,31)20-7-8-22-21(15-20)27(24(29)17-32-22)16-23(28)25-12-9-19-5-3-2-4-6-19/h2-8,15,18H,9-14,16-17H2,1H3,(H,25,28). The van der Waals surface area contributed by atoms with Crippen molar-refractivity contribution in [1.82, 2.24) is 9.62 Å². The lowest BCUT2D eigenvalue weighted by Crippen LogP contribution is -2.44. The van der Waals surface area contributed by atoms with Crippen LogP contribution in [-0.2, 0) is 26.0 Å². The summed E-state index contributed by atoms with van der Waals surface area (Å²) < 4.78 is 27.9. The normalized spacial score (nSPS) is 17.6. The van der Waals surface area contributed by atoms with Gasteiger partial charge in [0.15, 0.2) is 0 Å². The maximum absolute atomic E-state index is 13.2. The lowest BCUT2D eigenvalue weighted by molar-refractivity contribution is -0.122. The number of nitrogens with zero attached hydrogens (tertiary/aromatic N) is 2. The maximum Gasteiger partial charge on any atom is 0.243 e. The summed E-state index contributed by atoms with van der Waals surface area (Å²) in [7, 11) is -3.65. The van der Waals surface area contributed by atoms with Crippen molar-refractivity contribution >= 4 is 39.3 Å². The van der Waals surface area contributed by atoms with Gasteiger partial charge in [-0.15, -0.1) is 11.8 Å². The molecule has 2 amide bonds. The first-order valence-corrected chi connectivity index (χ1v) is 13.6. The Balaban J connectivity index is 1.47. The van der Waals surface area contributed by atoms with Crippen LogP contribution in [0.1, 0.15) is 25.3 Å². The van der Waals surface area contributed by atoms with Crippen LogP contribution in [0.2, 0.25) is 0 Å². The van der Waals surface area contributed by atoms with Crippen LogP contribution < -0.4 is 10.2 Å². The number of rotatable bonds is 7. The number of thioether (sulfide) groups is 1. The third-order valence-electron chi connectivity index (χ3n) is 6.13. The molecule has 2 aliphatic rings. The second-order valence-electron chi connectivity index (χ2n) is 8.57. The first kappa shape index (κ1) is 23.8. The number of sulfonamides is 1. The Morgan fingerprint density at radius 2 is 1.85 bits per heavy atom. The molecule has 2 aromatic rings. The van der Waals surface area contributed by atoms with E-state index >= 15 is 0 Å². The zero-order chi connectivity index (χ0) is 23.4. The summed E-state index contributed by atoms with van der Waals surface area (Å²) in [4.78, 5) is 27.6. The van der Waals surface area contributed by atoms with Crippen molar-refractivity contribution < 1.29 is 18.0 Å². The molecular weight excluding hydrogens is 458 g/mol. The molecule has 9 heteroatoms. The van der Waals surface area contributed by atoms with E-state index in [1.807, 2.05) is 30.3 Å². The molecule has 0 radical (unpaired) electrons. The molecular formula is C24H29N3O4S2. The van der Waals surface area contributed by atoms with Crippen molar-refractivity contribution in [1.29, 1.82) is 0 Å². The smallest absolute Gasteiger partial charge is 0.243 e. The topological polar surface area (TPSA) is 86.8 Å². The number of fused-ring (bicyclic) bond motifs is 1. The van der Waals surface area contributed by atoms with Crippen molar-refractivity contribution in [3.05, 3.63) is 54.1 Å². The molecule has 2 heterocycles. The molecule has 1 saturated heterocycles. The van der Waals surface area contributed by atoms with Crippen molar-refractivity contribution in [2.45, 2.75) is 36.0 Å². The van der Waals surface area contributed by atoms with E-state index < -0.39 is 10.0 Å². The molecule has 0 aliphatic carbocycles. The van der Waals surface area contributed by atoms with Crippen LogP contribution in [0.3, 0.4) is 0 Å². The van der Waals surface area contributed by atoms with Crippen LogP contribution in [0.4, 0.5) is 5.69 Å². The number of amides is 2. The fourth-order valence-corrected chi connectivity index (χ4v) is 6.49. The van der Waals surface area contributed by atoms with E-state index in [2.05, 4.69) is 12.2 Å². The van der Waals surface area contributed by atoms with Gasteiger partial charge in [0.05, 0.1) is 16.3 Å². The molecule has 7 nitrogen and oxygen atoms in total. The molecule has 4 rings (SSSR count). The molecule has 0 aromatic heterocycles. The van der Waals surface area contributed by atoms with Crippen LogP contribution in [0, 0.1) is 5.92 Å². The Kier molecular flexibility index (Phi) is 7.41. The van der Waals surface area contributed by atoms with E-state index in [0.717, 1.165) is 23.3 Å². The van der Waals surface area contributed by atoms with Crippen LogP contribution in [0.25, 0.3) is 0 Å². The van der Waals surface area contributed by atoms with Gasteiger partial charge in [0.25, 0.3) is 0 Å². The van der Waals surface area contributed by atoms with Crippen molar-refractivity contribution in [3.63, 3.8) is 0 Å². The highest BCUT2D eigenvalue weighted by Gasteiger charge is 2.32. The Hall–Kier alpha value is -2.36. The molecule has 0 saturated carbocycles. The number of carbonyl (C=O) groups excluding carboxylic acids is 2. The van der Waals surface area contributed by atoms with E-state index in [4.69, 9.17) is 0 Å². The summed E-state index contributed by atoms with van der Waals surface area (Å²) >= 11 is 1.37. The van der Waals surface area contributed by atoms with Gasteiger partial charge >= 0.3 is 0 Å². The Morgan fingerprint density at radius 3 is 2.58 bits per heavy atom. The van der Waals surface area contributed by atoms with Crippen LogP contribution >= 0.6 is 11.8 Å². The van der Waals surface area contributed by atoms with E-state index in [9.17, 15) is 18.0 Å². The van der Waals surface area contributed by atoms with Gasteiger partial charge in [0.2, 0.25) is 21.8 Å². The third-order valence-corrected chi connectivity index (χ3v) is 9.08. The second-order valence-corrected chi connectivity index (χ2v) is 11.5. The van der Waals surface area contributed by atoms with Crippen molar-refractivity contribution in [2.24, 2.45) is 5.92 Å². The minimum Gasteiger partial charge on any atom is -0.354 e. The molecule has 0 bridgehead atoms. The van der Waals surface area contributed by atoms with Crippen molar-refractivity contribution in [3.8, 4) is 0 Å². The fraction of sp³-hybridized carbons (Fsp3) is 0.417. The number of piperidine rings is 1. The average molecular weight is 488 g/mol. The summed E-state index contributed by atoms with van der Waals surface area (Å²) in [5, 5.41) is 2.86. The number of nitrogens with one attached hydrogen (secondary N) is 1. The lowest BCUT2D eigenvalue weighted by atomic mass is 10.0. The van der Waals surface area contributed by atoms with E-state index in [0.29, 0.717) is 37.7 Å². The van der Waals surface area contributed by atoms with Gasteiger partial charge in [-0.1, -0.05) is 37.3 Å². The summed E-state index contributed by atoms with van der Waals surface area (Å²) in [5.41, 5.74) is 1.61. The zero-order valence-corrected chi connectivity index (χ0v) is 20.3. The number of hydrogen-bond acceptors (Lipinski definition) is 5. The maximum atomic E-state index is 13.2. The lowest BCUT2D eigenvalue weighted by Gasteiger charge is -2.31. The van der Waals surface area contributed by atoms with Gasteiger partial charge in [-0.25, -0.2) is 8.42 Å². The second kappa shape index (κ2) is 10.3. The third kappa shape index (κ3) is 5.59.